The van der Waals surface area contributed by atoms with E-state index < -0.39 is 0 Å². The second kappa shape index (κ2) is 5.49. The lowest BCUT2D eigenvalue weighted by Crippen LogP contribution is -2.63. The first-order chi connectivity index (χ1) is 9.04. The van der Waals surface area contributed by atoms with E-state index in [4.69, 9.17) is 5.73 Å². The number of rotatable bonds is 5. The fourth-order valence-electron chi connectivity index (χ4n) is 3.32. The smallest absolute Gasteiger partial charge is 0.146 e. The minimum Gasteiger partial charge on any atom is -0.362 e. The van der Waals surface area contributed by atoms with Crippen LogP contribution in [-0.4, -0.2) is 18.6 Å². The number of para-hydroxylation sites is 1. The Balaban J connectivity index is 2.24. The van der Waals surface area contributed by atoms with Crippen LogP contribution in [0.4, 0.5) is 10.1 Å². The van der Waals surface area contributed by atoms with E-state index in [-0.39, 0.29) is 11.4 Å². The van der Waals surface area contributed by atoms with Crippen molar-refractivity contribution >= 4 is 5.69 Å². The Kier molecular flexibility index (Phi) is 4.14. The number of likely N-dealkylation sites (N-methyl/N-ethyl adjacent to an activating group) is 1. The molecule has 0 unspecified atom stereocenters. The molecule has 1 aromatic carbocycles. The molecule has 3 heteroatoms. The number of halogens is 1. The quantitative estimate of drug-likeness (QED) is 0.883. The highest BCUT2D eigenvalue weighted by Gasteiger charge is 2.48. The third kappa shape index (κ3) is 2.48. The Morgan fingerprint density at radius 2 is 2.00 bits per heavy atom. The standard InChI is InChI=1S/C16H25FN2/c1-4-19(15-8-6-5-7-14(15)17)16(11-18)9-13(10-16)12(2)3/h5-8,12-13H,4,9-11,18H2,1-3H3. The molecule has 106 valence electrons. The average Bonchev–Trinajstić information content (AvgIpc) is 2.34. The summed E-state index contributed by atoms with van der Waals surface area (Å²) in [5.41, 5.74) is 6.67. The Labute approximate surface area is 115 Å². The molecule has 19 heavy (non-hydrogen) atoms. The fraction of sp³-hybridized carbons (Fsp3) is 0.625. The molecular weight excluding hydrogens is 239 g/mol. The summed E-state index contributed by atoms with van der Waals surface area (Å²) in [6, 6.07) is 7.02. The predicted octanol–water partition coefficient (Wildman–Crippen LogP) is 3.42. The van der Waals surface area contributed by atoms with Crippen LogP contribution in [0.5, 0.6) is 0 Å². The summed E-state index contributed by atoms with van der Waals surface area (Å²) in [5, 5.41) is 0. The van der Waals surface area contributed by atoms with Crippen LogP contribution in [0.25, 0.3) is 0 Å². The van der Waals surface area contributed by atoms with Crippen LogP contribution in [0.3, 0.4) is 0 Å². The van der Waals surface area contributed by atoms with Gasteiger partial charge in [-0.1, -0.05) is 26.0 Å². The Morgan fingerprint density at radius 1 is 1.37 bits per heavy atom. The van der Waals surface area contributed by atoms with Gasteiger partial charge in [-0.3, -0.25) is 0 Å². The van der Waals surface area contributed by atoms with Crippen molar-refractivity contribution in [1.29, 1.82) is 0 Å². The zero-order valence-electron chi connectivity index (χ0n) is 12.2. The molecule has 2 rings (SSSR count). The minimum absolute atomic E-state index is 0.0497. The van der Waals surface area contributed by atoms with E-state index in [1.165, 1.54) is 6.07 Å². The summed E-state index contributed by atoms with van der Waals surface area (Å²) in [6.07, 6.45) is 2.15. The second-order valence-electron chi connectivity index (χ2n) is 6.04. The van der Waals surface area contributed by atoms with Gasteiger partial charge in [0.25, 0.3) is 0 Å². The molecule has 0 bridgehead atoms. The minimum atomic E-state index is -0.148. The van der Waals surface area contributed by atoms with Crippen LogP contribution in [0, 0.1) is 17.7 Å². The maximum absolute atomic E-state index is 14.0. The molecule has 0 spiro atoms. The molecule has 0 aromatic heterocycles. The molecule has 0 saturated heterocycles. The molecule has 1 aromatic rings. The molecule has 1 fully saturated rings. The molecule has 1 aliphatic carbocycles. The Morgan fingerprint density at radius 3 is 2.47 bits per heavy atom. The van der Waals surface area contributed by atoms with Gasteiger partial charge in [0.1, 0.15) is 5.82 Å². The van der Waals surface area contributed by atoms with Gasteiger partial charge in [-0.15, -0.1) is 0 Å². The van der Waals surface area contributed by atoms with Crippen molar-refractivity contribution in [3.8, 4) is 0 Å². The summed E-state index contributed by atoms with van der Waals surface area (Å²) in [4.78, 5) is 2.17. The third-order valence-electron chi connectivity index (χ3n) is 4.64. The maximum atomic E-state index is 14.0. The van der Waals surface area contributed by atoms with Crippen LogP contribution >= 0.6 is 0 Å². The largest absolute Gasteiger partial charge is 0.362 e. The number of hydrogen-bond donors (Lipinski definition) is 1. The molecule has 1 saturated carbocycles. The number of nitrogens with zero attached hydrogens (tertiary/aromatic N) is 1. The van der Waals surface area contributed by atoms with Gasteiger partial charge in [0.2, 0.25) is 0 Å². The van der Waals surface area contributed by atoms with E-state index in [0.717, 1.165) is 19.4 Å². The van der Waals surface area contributed by atoms with Gasteiger partial charge in [0.15, 0.2) is 0 Å². The first kappa shape index (κ1) is 14.3. The van der Waals surface area contributed by atoms with Crippen molar-refractivity contribution in [3.05, 3.63) is 30.1 Å². The topological polar surface area (TPSA) is 29.3 Å². The monoisotopic (exact) mass is 264 g/mol. The average molecular weight is 264 g/mol. The van der Waals surface area contributed by atoms with Gasteiger partial charge in [0.05, 0.1) is 11.2 Å². The number of benzene rings is 1. The molecule has 2 nitrogen and oxygen atoms in total. The van der Waals surface area contributed by atoms with Crippen LogP contribution in [0.15, 0.2) is 24.3 Å². The van der Waals surface area contributed by atoms with E-state index >= 15 is 0 Å². The van der Waals surface area contributed by atoms with E-state index in [1.807, 2.05) is 12.1 Å². The van der Waals surface area contributed by atoms with Crippen LogP contribution in [-0.2, 0) is 0 Å². The van der Waals surface area contributed by atoms with Crippen molar-refractivity contribution in [2.75, 3.05) is 18.0 Å². The summed E-state index contributed by atoms with van der Waals surface area (Å²) in [5.74, 6) is 1.24. The summed E-state index contributed by atoms with van der Waals surface area (Å²) < 4.78 is 14.0. The van der Waals surface area contributed by atoms with Crippen molar-refractivity contribution < 1.29 is 4.39 Å². The van der Waals surface area contributed by atoms with Gasteiger partial charge < -0.3 is 10.6 Å². The highest BCUT2D eigenvalue weighted by molar-refractivity contribution is 5.51. The van der Waals surface area contributed by atoms with Crippen LogP contribution in [0.2, 0.25) is 0 Å². The molecule has 0 radical (unpaired) electrons. The van der Waals surface area contributed by atoms with Crippen LogP contribution < -0.4 is 10.6 Å². The molecule has 0 atom stereocenters. The molecule has 1 aliphatic rings. The molecule has 0 amide bonds. The van der Waals surface area contributed by atoms with Gasteiger partial charge in [-0.25, -0.2) is 4.39 Å². The highest BCUT2D eigenvalue weighted by atomic mass is 19.1. The van der Waals surface area contributed by atoms with Crippen LogP contribution in [0.1, 0.15) is 33.6 Å². The SMILES string of the molecule is CCN(c1ccccc1F)C1(CN)CC(C(C)C)C1. The first-order valence-electron chi connectivity index (χ1n) is 7.26. The lowest BCUT2D eigenvalue weighted by atomic mass is 9.63. The molecule has 0 aliphatic heterocycles. The van der Waals surface area contributed by atoms with E-state index in [2.05, 4.69) is 25.7 Å². The molecular formula is C16H25FN2. The van der Waals surface area contributed by atoms with E-state index in [1.54, 1.807) is 6.07 Å². The van der Waals surface area contributed by atoms with Crippen molar-refractivity contribution in [2.45, 2.75) is 39.2 Å². The summed E-state index contributed by atoms with van der Waals surface area (Å²) in [7, 11) is 0. The molecule has 0 heterocycles. The normalized spacial score (nSPS) is 26.3. The number of anilines is 1. The zero-order valence-corrected chi connectivity index (χ0v) is 12.2. The van der Waals surface area contributed by atoms with Crippen molar-refractivity contribution in [1.82, 2.24) is 0 Å². The van der Waals surface area contributed by atoms with Gasteiger partial charge in [-0.2, -0.15) is 0 Å². The fourth-order valence-corrected chi connectivity index (χ4v) is 3.32. The van der Waals surface area contributed by atoms with Crippen molar-refractivity contribution in [3.63, 3.8) is 0 Å². The Hall–Kier alpha value is -1.09. The second-order valence-corrected chi connectivity index (χ2v) is 6.04. The van der Waals surface area contributed by atoms with E-state index in [0.29, 0.717) is 24.1 Å². The Bertz CT molecular complexity index is 425. The predicted molar refractivity (Wildman–Crippen MR) is 78.8 cm³/mol. The van der Waals surface area contributed by atoms with Gasteiger partial charge in [-0.05, 0) is 43.7 Å². The van der Waals surface area contributed by atoms with E-state index in [9.17, 15) is 4.39 Å². The number of nitrogens with two attached hydrogens (primary N) is 1. The zero-order chi connectivity index (χ0) is 14.0. The summed E-state index contributed by atoms with van der Waals surface area (Å²) in [6.45, 7) is 7.98. The maximum Gasteiger partial charge on any atom is 0.146 e. The first-order valence-corrected chi connectivity index (χ1v) is 7.26. The third-order valence-corrected chi connectivity index (χ3v) is 4.64. The number of hydrogen-bond acceptors (Lipinski definition) is 2. The lowest BCUT2D eigenvalue weighted by Gasteiger charge is -2.56. The summed E-state index contributed by atoms with van der Waals surface area (Å²) >= 11 is 0. The highest BCUT2D eigenvalue weighted by Crippen LogP contribution is 2.47. The molecule has 2 N–H and O–H groups in total. The van der Waals surface area contributed by atoms with Crippen molar-refractivity contribution in [2.24, 2.45) is 17.6 Å². The van der Waals surface area contributed by atoms with Gasteiger partial charge in [0, 0.05) is 13.1 Å². The lowest BCUT2D eigenvalue weighted by molar-refractivity contribution is 0.103. The van der Waals surface area contributed by atoms with Gasteiger partial charge >= 0.3 is 0 Å².